The summed E-state index contributed by atoms with van der Waals surface area (Å²) in [6, 6.07) is 0. The van der Waals surface area contributed by atoms with E-state index in [9.17, 15) is 9.90 Å². The maximum atomic E-state index is 11.4. The first-order chi connectivity index (χ1) is 9.16. The molecule has 1 saturated heterocycles. The number of carbonyl (C=O) groups is 1. The lowest BCUT2D eigenvalue weighted by atomic mass is 10.0. The van der Waals surface area contributed by atoms with Crippen LogP contribution in [0.25, 0.3) is 0 Å². The molecule has 2 fully saturated rings. The Bertz CT molecular complexity index is 490. The lowest BCUT2D eigenvalue weighted by Gasteiger charge is -2.22. The zero-order chi connectivity index (χ0) is 13.4. The summed E-state index contributed by atoms with van der Waals surface area (Å²) < 4.78 is 6.91. The molecule has 1 aromatic heterocycles. The van der Waals surface area contributed by atoms with Crippen LogP contribution in [0.3, 0.4) is 0 Å². The van der Waals surface area contributed by atoms with E-state index in [1.807, 2.05) is 0 Å². The lowest BCUT2D eigenvalue weighted by Crippen LogP contribution is -2.23. The Hall–Kier alpha value is -1.07. The van der Waals surface area contributed by atoms with Gasteiger partial charge in [-0.25, -0.2) is 4.79 Å². The summed E-state index contributed by atoms with van der Waals surface area (Å²) in [4.78, 5) is 11.4. The third-order valence-corrected chi connectivity index (χ3v) is 4.23. The van der Waals surface area contributed by atoms with E-state index in [0.717, 1.165) is 44.6 Å². The van der Waals surface area contributed by atoms with Crippen molar-refractivity contribution in [3.8, 4) is 0 Å². The zero-order valence-corrected chi connectivity index (χ0v) is 11.4. The third-order valence-electron chi connectivity index (χ3n) is 3.86. The van der Waals surface area contributed by atoms with Crippen LogP contribution < -0.4 is 0 Å². The molecule has 0 aromatic carbocycles. The molecule has 2 heterocycles. The quantitative estimate of drug-likeness (QED) is 0.923. The summed E-state index contributed by atoms with van der Waals surface area (Å²) in [7, 11) is 0. The normalized spacial score (nSPS) is 20.7. The van der Waals surface area contributed by atoms with Crippen LogP contribution in [-0.2, 0) is 11.3 Å². The Morgan fingerprint density at radius 3 is 2.63 bits per heavy atom. The van der Waals surface area contributed by atoms with Gasteiger partial charge in [0.2, 0.25) is 0 Å². The van der Waals surface area contributed by atoms with E-state index in [0.29, 0.717) is 23.4 Å². The molecule has 1 N–H and O–H groups in total. The van der Waals surface area contributed by atoms with E-state index < -0.39 is 5.97 Å². The van der Waals surface area contributed by atoms with Crippen molar-refractivity contribution in [2.45, 2.75) is 38.1 Å². The second kappa shape index (κ2) is 5.13. The Balaban J connectivity index is 1.85. The van der Waals surface area contributed by atoms with Crippen molar-refractivity contribution in [1.82, 2.24) is 9.78 Å². The van der Waals surface area contributed by atoms with Crippen LogP contribution in [0.2, 0.25) is 5.02 Å². The highest BCUT2D eigenvalue weighted by Crippen LogP contribution is 2.43. The SMILES string of the molecule is O=C(O)c1c(Cl)c(C2CC2)nn1CC1CCOCC1. The first kappa shape index (κ1) is 12.9. The van der Waals surface area contributed by atoms with Gasteiger partial charge in [0.05, 0.1) is 10.7 Å². The van der Waals surface area contributed by atoms with Crippen molar-refractivity contribution in [1.29, 1.82) is 0 Å². The first-order valence-corrected chi connectivity index (χ1v) is 7.12. The van der Waals surface area contributed by atoms with E-state index in [2.05, 4.69) is 5.10 Å². The molecule has 0 spiro atoms. The first-order valence-electron chi connectivity index (χ1n) is 6.74. The predicted octanol–water partition coefficient (Wildman–Crippen LogP) is 2.54. The molecule has 2 aliphatic rings. The van der Waals surface area contributed by atoms with Gasteiger partial charge in [0.25, 0.3) is 0 Å². The lowest BCUT2D eigenvalue weighted by molar-refractivity contribution is 0.0580. The fourth-order valence-electron chi connectivity index (χ4n) is 2.59. The van der Waals surface area contributed by atoms with Gasteiger partial charge in [-0.05, 0) is 31.6 Å². The minimum atomic E-state index is -0.989. The minimum Gasteiger partial charge on any atom is -0.476 e. The van der Waals surface area contributed by atoms with Gasteiger partial charge in [0.15, 0.2) is 5.69 Å². The molecule has 6 heteroatoms. The number of carboxylic acid groups (broad SMARTS) is 1. The molecule has 0 unspecified atom stereocenters. The van der Waals surface area contributed by atoms with Crippen LogP contribution in [0.1, 0.15) is 47.8 Å². The Morgan fingerprint density at radius 1 is 1.37 bits per heavy atom. The summed E-state index contributed by atoms with van der Waals surface area (Å²) in [5, 5.41) is 14.1. The summed E-state index contributed by atoms with van der Waals surface area (Å²) in [6.45, 7) is 2.12. The minimum absolute atomic E-state index is 0.148. The van der Waals surface area contributed by atoms with Crippen LogP contribution in [-0.4, -0.2) is 34.1 Å². The van der Waals surface area contributed by atoms with Crippen molar-refractivity contribution in [3.63, 3.8) is 0 Å². The van der Waals surface area contributed by atoms with Crippen molar-refractivity contribution >= 4 is 17.6 Å². The number of halogens is 1. The number of rotatable bonds is 4. The standard InChI is InChI=1S/C13H17ClN2O3/c14-10-11(9-1-2-9)15-16(12(10)13(17)18)7-8-3-5-19-6-4-8/h8-9H,1-7H2,(H,17,18). The highest BCUT2D eigenvalue weighted by molar-refractivity contribution is 6.34. The maximum Gasteiger partial charge on any atom is 0.355 e. The zero-order valence-electron chi connectivity index (χ0n) is 10.6. The molecule has 1 aliphatic heterocycles. The van der Waals surface area contributed by atoms with Gasteiger partial charge in [-0.3, -0.25) is 4.68 Å². The van der Waals surface area contributed by atoms with Gasteiger partial charge >= 0.3 is 5.97 Å². The van der Waals surface area contributed by atoms with Crippen LogP contribution in [0.4, 0.5) is 0 Å². The van der Waals surface area contributed by atoms with Crippen molar-refractivity contribution in [2.75, 3.05) is 13.2 Å². The highest BCUT2D eigenvalue weighted by Gasteiger charge is 2.33. The summed E-state index contributed by atoms with van der Waals surface area (Å²) >= 11 is 6.19. The van der Waals surface area contributed by atoms with E-state index in [4.69, 9.17) is 16.3 Å². The molecular weight excluding hydrogens is 268 g/mol. The highest BCUT2D eigenvalue weighted by atomic mass is 35.5. The summed E-state index contributed by atoms with van der Waals surface area (Å²) in [6.07, 6.45) is 4.03. The van der Waals surface area contributed by atoms with Crippen molar-refractivity contribution in [2.24, 2.45) is 5.92 Å². The van der Waals surface area contributed by atoms with Gasteiger partial charge in [-0.15, -0.1) is 0 Å². The molecule has 0 amide bonds. The van der Waals surface area contributed by atoms with E-state index in [-0.39, 0.29) is 5.69 Å². The molecule has 19 heavy (non-hydrogen) atoms. The van der Waals surface area contributed by atoms with Crippen molar-refractivity contribution in [3.05, 3.63) is 16.4 Å². The number of carboxylic acids is 1. The number of aromatic nitrogens is 2. The average Bonchev–Trinajstić information content (AvgIpc) is 3.16. The Kier molecular flexibility index (Phi) is 3.50. The topological polar surface area (TPSA) is 64.3 Å². The van der Waals surface area contributed by atoms with Crippen LogP contribution in [0.15, 0.2) is 0 Å². The maximum absolute atomic E-state index is 11.4. The second-order valence-corrected chi connectivity index (χ2v) is 5.74. The fourth-order valence-corrected chi connectivity index (χ4v) is 2.96. The van der Waals surface area contributed by atoms with Crippen LogP contribution in [0.5, 0.6) is 0 Å². The number of hydrogen-bond donors (Lipinski definition) is 1. The molecule has 5 nitrogen and oxygen atoms in total. The van der Waals surface area contributed by atoms with Crippen molar-refractivity contribution < 1.29 is 14.6 Å². The third kappa shape index (κ3) is 2.62. The predicted molar refractivity (Wildman–Crippen MR) is 69.7 cm³/mol. The van der Waals surface area contributed by atoms with Gasteiger partial charge in [0.1, 0.15) is 0 Å². The smallest absolute Gasteiger partial charge is 0.355 e. The van der Waals surface area contributed by atoms with E-state index in [1.165, 1.54) is 0 Å². The van der Waals surface area contributed by atoms with Gasteiger partial charge in [-0.1, -0.05) is 11.6 Å². The number of aromatic carboxylic acids is 1. The molecule has 1 aliphatic carbocycles. The Morgan fingerprint density at radius 2 is 2.05 bits per heavy atom. The monoisotopic (exact) mass is 284 g/mol. The van der Waals surface area contributed by atoms with E-state index >= 15 is 0 Å². The van der Waals surface area contributed by atoms with Gasteiger partial charge in [0, 0.05) is 25.7 Å². The van der Waals surface area contributed by atoms with Gasteiger partial charge < -0.3 is 9.84 Å². The molecule has 104 valence electrons. The van der Waals surface area contributed by atoms with Crippen LogP contribution in [0, 0.1) is 5.92 Å². The second-order valence-electron chi connectivity index (χ2n) is 5.37. The molecule has 0 radical (unpaired) electrons. The van der Waals surface area contributed by atoms with E-state index in [1.54, 1.807) is 4.68 Å². The molecule has 1 saturated carbocycles. The molecule has 3 rings (SSSR count). The molecular formula is C13H17ClN2O3. The molecule has 0 atom stereocenters. The number of hydrogen-bond acceptors (Lipinski definition) is 3. The van der Waals surface area contributed by atoms with Crippen LogP contribution >= 0.6 is 11.6 Å². The number of ether oxygens (including phenoxy) is 1. The average molecular weight is 285 g/mol. The Labute approximate surface area is 116 Å². The summed E-state index contributed by atoms with van der Waals surface area (Å²) in [5.74, 6) is -0.201. The largest absolute Gasteiger partial charge is 0.476 e. The van der Waals surface area contributed by atoms with Gasteiger partial charge in [-0.2, -0.15) is 5.10 Å². The summed E-state index contributed by atoms with van der Waals surface area (Å²) in [5.41, 5.74) is 0.918. The molecule has 1 aromatic rings. The number of nitrogens with zero attached hydrogens (tertiary/aromatic N) is 2. The fraction of sp³-hybridized carbons (Fsp3) is 0.692. The molecule has 0 bridgehead atoms.